The average molecular weight is 445 g/mol. The van der Waals surface area contributed by atoms with Gasteiger partial charge in [-0.15, -0.1) is 0 Å². The summed E-state index contributed by atoms with van der Waals surface area (Å²) < 4.78 is 17.7. The summed E-state index contributed by atoms with van der Waals surface area (Å²) in [5.41, 5.74) is 4.26. The minimum atomic E-state index is -0.448. The van der Waals surface area contributed by atoms with Crippen molar-refractivity contribution < 1.29 is 24.1 Å². The molecule has 4 aromatic rings. The van der Waals surface area contributed by atoms with Crippen molar-refractivity contribution in [2.24, 2.45) is 0 Å². The second-order valence-corrected chi connectivity index (χ2v) is 8.66. The molecule has 0 spiro atoms. The molecular formula is C28H28O5. The third-order valence-electron chi connectivity index (χ3n) is 6.09. The number of para-hydroxylation sites is 1. The van der Waals surface area contributed by atoms with Gasteiger partial charge in [0.2, 0.25) is 0 Å². The third kappa shape index (κ3) is 5.28. The molecule has 1 aromatic heterocycles. The summed E-state index contributed by atoms with van der Waals surface area (Å²) in [7, 11) is 0. The predicted octanol–water partition coefficient (Wildman–Crippen LogP) is 5.18. The molecule has 5 heteroatoms. The van der Waals surface area contributed by atoms with Crippen LogP contribution in [0.5, 0.6) is 5.75 Å². The largest absolute Gasteiger partial charge is 0.486 e. The Kier molecular flexibility index (Phi) is 6.44. The van der Waals surface area contributed by atoms with Gasteiger partial charge in [-0.1, -0.05) is 54.6 Å². The fourth-order valence-corrected chi connectivity index (χ4v) is 4.43. The molecule has 3 unspecified atom stereocenters. The van der Waals surface area contributed by atoms with E-state index in [4.69, 9.17) is 13.9 Å². The predicted molar refractivity (Wildman–Crippen MR) is 126 cm³/mol. The highest BCUT2D eigenvalue weighted by Crippen LogP contribution is 2.32. The van der Waals surface area contributed by atoms with Crippen molar-refractivity contribution in [2.45, 2.75) is 44.2 Å². The Morgan fingerprint density at radius 1 is 0.879 bits per heavy atom. The van der Waals surface area contributed by atoms with E-state index in [2.05, 4.69) is 24.3 Å². The standard InChI is InChI=1S/C28H28O5/c29-17-25-15-23(30)16-28(32-25)21-6-3-4-20(13-21)12-19-8-10-24(11-9-19)31-18-26-14-22-5-1-2-7-27(22)33-26/h1-11,13-14,23,25,28-30H,12,15-18H2. The molecule has 0 amide bonds. The zero-order valence-corrected chi connectivity index (χ0v) is 18.4. The van der Waals surface area contributed by atoms with Crippen LogP contribution >= 0.6 is 0 Å². The van der Waals surface area contributed by atoms with Gasteiger partial charge in [-0.05, 0) is 47.4 Å². The van der Waals surface area contributed by atoms with Crippen molar-refractivity contribution in [2.75, 3.05) is 6.61 Å². The van der Waals surface area contributed by atoms with Gasteiger partial charge in [-0.25, -0.2) is 0 Å². The number of benzene rings is 3. The molecule has 1 saturated heterocycles. The zero-order chi connectivity index (χ0) is 22.6. The molecule has 0 saturated carbocycles. The molecule has 5 nitrogen and oxygen atoms in total. The van der Waals surface area contributed by atoms with Gasteiger partial charge >= 0.3 is 0 Å². The number of fused-ring (bicyclic) bond motifs is 1. The summed E-state index contributed by atoms with van der Waals surface area (Å²) in [5.74, 6) is 1.60. The number of aliphatic hydroxyl groups excluding tert-OH is 2. The molecule has 2 N–H and O–H groups in total. The number of rotatable bonds is 7. The molecule has 0 aliphatic carbocycles. The van der Waals surface area contributed by atoms with E-state index >= 15 is 0 Å². The highest BCUT2D eigenvalue weighted by atomic mass is 16.5. The van der Waals surface area contributed by atoms with Crippen LogP contribution < -0.4 is 4.74 Å². The third-order valence-corrected chi connectivity index (χ3v) is 6.09. The van der Waals surface area contributed by atoms with E-state index in [1.165, 1.54) is 11.1 Å². The van der Waals surface area contributed by atoms with Crippen LogP contribution in [0, 0.1) is 0 Å². The van der Waals surface area contributed by atoms with Crippen LogP contribution in [0.15, 0.2) is 83.3 Å². The van der Waals surface area contributed by atoms with E-state index in [0.717, 1.165) is 34.5 Å². The molecule has 3 atom stereocenters. The lowest BCUT2D eigenvalue weighted by Crippen LogP contribution is -2.33. The maximum atomic E-state index is 10.1. The van der Waals surface area contributed by atoms with Gasteiger partial charge in [0.15, 0.2) is 0 Å². The van der Waals surface area contributed by atoms with Gasteiger partial charge < -0.3 is 24.1 Å². The lowest BCUT2D eigenvalue weighted by molar-refractivity contribution is -0.113. The summed E-state index contributed by atoms with van der Waals surface area (Å²) >= 11 is 0. The molecule has 170 valence electrons. The van der Waals surface area contributed by atoms with Crippen LogP contribution in [0.3, 0.4) is 0 Å². The molecule has 3 aromatic carbocycles. The maximum Gasteiger partial charge on any atom is 0.146 e. The lowest BCUT2D eigenvalue weighted by atomic mass is 9.94. The van der Waals surface area contributed by atoms with Crippen LogP contribution in [-0.2, 0) is 17.8 Å². The second-order valence-electron chi connectivity index (χ2n) is 8.66. The summed E-state index contributed by atoms with van der Waals surface area (Å²) in [6.45, 7) is 0.316. The van der Waals surface area contributed by atoms with Crippen molar-refractivity contribution in [3.05, 3.63) is 101 Å². The Balaban J connectivity index is 1.21. The van der Waals surface area contributed by atoms with Crippen molar-refractivity contribution in [1.82, 2.24) is 0 Å². The Labute approximate surface area is 193 Å². The first kappa shape index (κ1) is 21.7. The van der Waals surface area contributed by atoms with Gasteiger partial charge in [0.05, 0.1) is 24.9 Å². The molecule has 0 radical (unpaired) electrons. The molecule has 0 bridgehead atoms. The minimum Gasteiger partial charge on any atom is -0.486 e. The Morgan fingerprint density at radius 2 is 1.73 bits per heavy atom. The number of hydrogen-bond donors (Lipinski definition) is 2. The number of aliphatic hydroxyl groups is 2. The highest BCUT2D eigenvalue weighted by Gasteiger charge is 2.29. The first-order chi connectivity index (χ1) is 16.2. The number of hydrogen-bond acceptors (Lipinski definition) is 5. The van der Waals surface area contributed by atoms with Gasteiger partial charge in [-0.2, -0.15) is 0 Å². The first-order valence-corrected chi connectivity index (χ1v) is 11.4. The minimum absolute atomic E-state index is 0.0714. The summed E-state index contributed by atoms with van der Waals surface area (Å²) in [4.78, 5) is 0. The zero-order valence-electron chi connectivity index (χ0n) is 18.4. The summed E-state index contributed by atoms with van der Waals surface area (Å²) in [6.07, 6.45) is 0.872. The molecule has 2 heterocycles. The van der Waals surface area contributed by atoms with E-state index in [-0.39, 0.29) is 18.8 Å². The normalized spacial score (nSPS) is 20.7. The number of ether oxygens (including phenoxy) is 2. The monoisotopic (exact) mass is 444 g/mol. The van der Waals surface area contributed by atoms with Gasteiger partial charge in [-0.3, -0.25) is 0 Å². The van der Waals surface area contributed by atoms with E-state index in [1.54, 1.807) is 0 Å². The molecule has 1 fully saturated rings. The fraction of sp³-hybridized carbons (Fsp3) is 0.286. The SMILES string of the molecule is OCC1CC(O)CC(c2cccc(Cc3ccc(OCc4cc5ccccc5o4)cc3)c2)O1. The maximum absolute atomic E-state index is 10.1. The van der Waals surface area contributed by atoms with Crippen molar-refractivity contribution >= 4 is 11.0 Å². The average Bonchev–Trinajstić information content (AvgIpc) is 3.26. The molecule has 5 rings (SSSR count). The Morgan fingerprint density at radius 3 is 2.55 bits per heavy atom. The fourth-order valence-electron chi connectivity index (χ4n) is 4.43. The van der Waals surface area contributed by atoms with E-state index in [9.17, 15) is 10.2 Å². The second kappa shape index (κ2) is 9.79. The van der Waals surface area contributed by atoms with Crippen LogP contribution in [0.1, 0.15) is 41.4 Å². The van der Waals surface area contributed by atoms with Crippen LogP contribution in [0.4, 0.5) is 0 Å². The lowest BCUT2D eigenvalue weighted by Gasteiger charge is -2.32. The van der Waals surface area contributed by atoms with Crippen molar-refractivity contribution in [3.63, 3.8) is 0 Å². The summed E-state index contributed by atoms with van der Waals surface area (Å²) in [5, 5.41) is 20.6. The van der Waals surface area contributed by atoms with E-state index in [0.29, 0.717) is 19.4 Å². The van der Waals surface area contributed by atoms with Crippen LogP contribution in [0.25, 0.3) is 11.0 Å². The molecule has 33 heavy (non-hydrogen) atoms. The van der Waals surface area contributed by atoms with Gasteiger partial charge in [0, 0.05) is 18.2 Å². The smallest absolute Gasteiger partial charge is 0.146 e. The first-order valence-electron chi connectivity index (χ1n) is 11.4. The summed E-state index contributed by atoms with van der Waals surface area (Å²) in [6, 6.07) is 26.3. The van der Waals surface area contributed by atoms with Crippen LogP contribution in [-0.4, -0.2) is 29.0 Å². The Hall–Kier alpha value is -3.12. The van der Waals surface area contributed by atoms with Gasteiger partial charge in [0.1, 0.15) is 23.7 Å². The van der Waals surface area contributed by atoms with Crippen LogP contribution in [0.2, 0.25) is 0 Å². The number of furan rings is 1. The van der Waals surface area contributed by atoms with Crippen molar-refractivity contribution in [3.8, 4) is 5.75 Å². The highest BCUT2D eigenvalue weighted by molar-refractivity contribution is 5.77. The van der Waals surface area contributed by atoms with E-state index in [1.807, 2.05) is 54.6 Å². The van der Waals surface area contributed by atoms with E-state index < -0.39 is 6.10 Å². The molecular weight excluding hydrogens is 416 g/mol. The molecule has 1 aliphatic rings. The van der Waals surface area contributed by atoms with Crippen molar-refractivity contribution in [1.29, 1.82) is 0 Å². The topological polar surface area (TPSA) is 72.1 Å². The Bertz CT molecular complexity index is 1160. The quantitative estimate of drug-likeness (QED) is 0.411. The van der Waals surface area contributed by atoms with Gasteiger partial charge in [0.25, 0.3) is 0 Å². The molecule has 1 aliphatic heterocycles.